The minimum atomic E-state index is -6.36. The van der Waals surface area contributed by atoms with Crippen molar-refractivity contribution in [3.8, 4) is 11.1 Å². The zero-order valence-electron chi connectivity index (χ0n) is 32.4. The summed E-state index contributed by atoms with van der Waals surface area (Å²) in [5.74, 6) is -24.8. The lowest BCUT2D eigenvalue weighted by Gasteiger charge is -2.28. The van der Waals surface area contributed by atoms with E-state index in [0.717, 1.165) is 67.6 Å². The van der Waals surface area contributed by atoms with Crippen molar-refractivity contribution in [1.82, 2.24) is 25.9 Å². The minimum Gasteiger partial charge on any atom is -0.477 e. The molecule has 2 aliphatic rings. The number of alkyl halides is 6. The molecule has 1 aliphatic heterocycles. The lowest BCUT2D eigenvalue weighted by molar-refractivity contribution is -0.310. The van der Waals surface area contributed by atoms with Crippen LogP contribution in [0.2, 0.25) is 0 Å². The Kier molecular flexibility index (Phi) is 14.2. The number of rotatable bonds is 14. The number of halogens is 7. The number of imidazole rings is 1. The van der Waals surface area contributed by atoms with Gasteiger partial charge in [0.1, 0.15) is 6.04 Å². The summed E-state index contributed by atoms with van der Waals surface area (Å²) in [5, 5.41) is 20.3. The maximum atomic E-state index is 14.7. The summed E-state index contributed by atoms with van der Waals surface area (Å²) < 4.78 is 85.2. The van der Waals surface area contributed by atoms with Crippen LogP contribution in [-0.4, -0.2) is 82.3 Å². The fourth-order valence-electron chi connectivity index (χ4n) is 7.52. The molecule has 19 heteroatoms. The van der Waals surface area contributed by atoms with Gasteiger partial charge in [0.05, 0.1) is 11.0 Å². The molecule has 2 heterocycles. The predicted molar refractivity (Wildman–Crippen MR) is 214 cm³/mol. The number of aliphatic carboxylic acids is 1. The molecule has 8 N–H and O–H groups in total. The first-order chi connectivity index (χ1) is 27.9. The molecule has 0 unspecified atom stereocenters. The van der Waals surface area contributed by atoms with Crippen LogP contribution in [0.4, 0.5) is 32.0 Å². The van der Waals surface area contributed by atoms with Gasteiger partial charge in [-0.3, -0.25) is 14.4 Å². The van der Waals surface area contributed by atoms with Gasteiger partial charge in [-0.2, -0.15) is 26.3 Å². The molecule has 2 fully saturated rings. The highest BCUT2D eigenvalue weighted by molar-refractivity contribution is 5.99. The van der Waals surface area contributed by atoms with Crippen LogP contribution in [0.5, 0.6) is 0 Å². The molecule has 3 aromatic carbocycles. The number of piperidine rings is 1. The monoisotopic (exact) mass is 865 g/mol. The first-order valence-electron chi connectivity index (χ1n) is 19.3. The molecule has 0 spiro atoms. The normalized spacial score (nSPS) is 18.3. The smallest absolute Gasteiger partial charge is 0.411 e. The van der Waals surface area contributed by atoms with Crippen molar-refractivity contribution < 1.29 is 50.6 Å². The van der Waals surface area contributed by atoms with Crippen molar-refractivity contribution in [1.29, 1.82) is 0 Å². The molecule has 1 aliphatic carbocycles. The van der Waals surface area contributed by atoms with Crippen LogP contribution in [0.1, 0.15) is 65.8 Å². The number of aromatic amines is 1. The van der Waals surface area contributed by atoms with E-state index in [1.165, 1.54) is 6.07 Å². The number of H-pyrrole nitrogens is 1. The quantitative estimate of drug-likeness (QED) is 0.0717. The number of carboxylic acids is 1. The zero-order chi connectivity index (χ0) is 42.7. The third-order valence-corrected chi connectivity index (χ3v) is 11.2. The summed E-state index contributed by atoms with van der Waals surface area (Å²) in [6, 6.07) is 15.1. The molecule has 12 nitrogen and oxygen atoms in total. The molecule has 4 aromatic rings. The van der Waals surface area contributed by atoms with E-state index in [2.05, 4.69) is 26.3 Å². The summed E-state index contributed by atoms with van der Waals surface area (Å²) in [6.07, 6.45) is 4.41. The van der Waals surface area contributed by atoms with E-state index in [0.29, 0.717) is 36.4 Å². The molecule has 0 bridgehead atoms. The number of nitrogens with zero attached hydrogens (tertiary/aromatic N) is 1. The Morgan fingerprint density at radius 1 is 0.900 bits per heavy atom. The fourth-order valence-corrected chi connectivity index (χ4v) is 7.52. The summed E-state index contributed by atoms with van der Waals surface area (Å²) in [6.45, 7) is 4.11. The number of nitrogens with two attached hydrogens (primary N) is 1. The maximum absolute atomic E-state index is 14.7. The van der Waals surface area contributed by atoms with Gasteiger partial charge in [-0.25, -0.2) is 9.78 Å². The van der Waals surface area contributed by atoms with Gasteiger partial charge in [-0.05, 0) is 124 Å². The Morgan fingerprint density at radius 2 is 1.57 bits per heavy atom. The molecule has 60 heavy (non-hydrogen) atoms. The van der Waals surface area contributed by atoms with E-state index in [4.69, 9.17) is 10.8 Å². The van der Waals surface area contributed by atoms with Crippen LogP contribution < -0.4 is 27.0 Å². The highest BCUT2D eigenvalue weighted by atomic mass is 35.5. The average Bonchev–Trinajstić information content (AvgIpc) is 3.65. The van der Waals surface area contributed by atoms with Gasteiger partial charge in [0.2, 0.25) is 11.8 Å². The fraction of sp³-hybridized carbons (Fsp3) is 0.439. The van der Waals surface area contributed by atoms with E-state index >= 15 is 0 Å². The van der Waals surface area contributed by atoms with Crippen LogP contribution in [0, 0.1) is 18.8 Å². The lowest BCUT2D eigenvalue weighted by Crippen LogP contribution is -2.56. The summed E-state index contributed by atoms with van der Waals surface area (Å²) in [5.41, 5.74) is 8.88. The first kappa shape index (κ1) is 45.9. The molecular weight excluding hydrogens is 820 g/mol. The van der Waals surface area contributed by atoms with Crippen LogP contribution in [-0.2, 0) is 26.7 Å². The zero-order valence-corrected chi connectivity index (χ0v) is 33.3. The Hall–Kier alpha value is -5.20. The standard InChI is InChI=1S/C41H45F6N7O5.ClH/c1-22-18-27(35(56)50-28-14-16-49-17-15-28)10-12-30(22)25-6-2-23(3-7-25)19-33(52-34(55)26-8-4-24(21-48)5-9-26)36(57)51-29-11-13-31-32(20-29)54-37(53-31)39(42,43)41(46,47)40(44,45)38(58)59;/h2-3,6-7,10-13,18,20,24,26,28,33,49H,4-5,8-9,14-17,19,21,48H2,1H3,(H,50,56)(H,51,57)(H,52,55)(H,53,54)(H,58,59);1H/t24-,26-,33-;/m0./s1. The van der Waals surface area contributed by atoms with E-state index in [1.54, 1.807) is 18.2 Å². The van der Waals surface area contributed by atoms with Crippen molar-refractivity contribution >= 4 is 52.8 Å². The average molecular weight is 866 g/mol. The Bertz CT molecular complexity index is 2190. The number of aromatic nitrogens is 2. The van der Waals surface area contributed by atoms with Gasteiger partial charge < -0.3 is 37.1 Å². The molecule has 1 atom stereocenters. The van der Waals surface area contributed by atoms with Gasteiger partial charge >= 0.3 is 23.7 Å². The van der Waals surface area contributed by atoms with Crippen molar-refractivity contribution in [2.45, 2.75) is 81.7 Å². The van der Waals surface area contributed by atoms with Gasteiger partial charge in [-0.15, -0.1) is 12.4 Å². The molecule has 324 valence electrons. The number of nitrogens with one attached hydrogen (secondary N) is 5. The molecule has 1 aromatic heterocycles. The number of aryl methyl sites for hydroxylation is 1. The second-order valence-electron chi connectivity index (χ2n) is 15.3. The maximum Gasteiger partial charge on any atom is 0.411 e. The van der Waals surface area contributed by atoms with E-state index < -0.39 is 47.0 Å². The first-order valence-corrected chi connectivity index (χ1v) is 19.3. The number of amides is 3. The number of carboxylic acid groups (broad SMARTS) is 1. The molecule has 3 amide bonds. The van der Waals surface area contributed by atoms with Gasteiger partial charge in [0, 0.05) is 29.6 Å². The van der Waals surface area contributed by atoms with Gasteiger partial charge in [-0.1, -0.05) is 30.3 Å². The highest BCUT2D eigenvalue weighted by Gasteiger charge is 2.77. The number of carbonyl (C=O) groups excluding carboxylic acids is 3. The number of hydrogen-bond acceptors (Lipinski definition) is 7. The molecule has 0 radical (unpaired) electrons. The molecule has 6 rings (SSSR count). The Morgan fingerprint density at radius 3 is 2.18 bits per heavy atom. The van der Waals surface area contributed by atoms with E-state index in [9.17, 15) is 45.5 Å². The van der Waals surface area contributed by atoms with Crippen molar-refractivity contribution in [3.63, 3.8) is 0 Å². The van der Waals surface area contributed by atoms with E-state index in [1.807, 2.05) is 36.2 Å². The van der Waals surface area contributed by atoms with Crippen LogP contribution >= 0.6 is 12.4 Å². The van der Waals surface area contributed by atoms with Crippen LogP contribution in [0.3, 0.4) is 0 Å². The SMILES string of the molecule is Cc1cc(C(=O)NC2CCNCC2)ccc1-c1ccc(C[C@H](NC(=O)[C@H]2CC[C@H](CN)CC2)C(=O)Nc2ccc3[nH]c(C(F)(F)C(F)(F)C(F)(F)C(=O)O)nc3c2)cc1.Cl. The van der Waals surface area contributed by atoms with Gasteiger partial charge in [0.15, 0.2) is 5.82 Å². The topological polar surface area (TPSA) is 191 Å². The number of benzene rings is 3. The third kappa shape index (κ3) is 9.71. The number of carbonyl (C=O) groups is 4. The van der Waals surface area contributed by atoms with Crippen molar-refractivity contribution in [2.24, 2.45) is 17.6 Å². The number of hydrogen-bond donors (Lipinski definition) is 7. The predicted octanol–water partition coefficient (Wildman–Crippen LogP) is 6.32. The second kappa shape index (κ2) is 18.6. The van der Waals surface area contributed by atoms with Crippen LogP contribution in [0.25, 0.3) is 22.2 Å². The van der Waals surface area contributed by atoms with Crippen molar-refractivity contribution in [2.75, 3.05) is 25.0 Å². The number of fused-ring (bicyclic) bond motifs is 1. The summed E-state index contributed by atoms with van der Waals surface area (Å²) in [4.78, 5) is 56.1. The molecule has 1 saturated heterocycles. The third-order valence-electron chi connectivity index (χ3n) is 11.2. The van der Waals surface area contributed by atoms with Crippen molar-refractivity contribution in [3.05, 3.63) is 83.2 Å². The summed E-state index contributed by atoms with van der Waals surface area (Å²) >= 11 is 0. The van der Waals surface area contributed by atoms with Gasteiger partial charge in [0.25, 0.3) is 5.91 Å². The summed E-state index contributed by atoms with van der Waals surface area (Å²) in [7, 11) is 0. The minimum absolute atomic E-state index is 0. The largest absolute Gasteiger partial charge is 0.477 e. The lowest BCUT2D eigenvalue weighted by atomic mass is 9.81. The Labute approximate surface area is 347 Å². The Balaban J connectivity index is 0.00000683. The number of anilines is 1. The highest BCUT2D eigenvalue weighted by Crippen LogP contribution is 2.50. The molecule has 1 saturated carbocycles. The molecular formula is C41H46ClF6N7O5. The second-order valence-corrected chi connectivity index (χ2v) is 15.3. The van der Waals surface area contributed by atoms with Crippen LogP contribution in [0.15, 0.2) is 60.7 Å². The van der Waals surface area contributed by atoms with E-state index in [-0.39, 0.29) is 53.8 Å².